The maximum absolute atomic E-state index is 11.7. The summed E-state index contributed by atoms with van der Waals surface area (Å²) in [5.74, 6) is -0.127. The molecule has 0 bridgehead atoms. The third kappa shape index (κ3) is 3.10. The van der Waals surface area contributed by atoms with E-state index in [1.807, 2.05) is 26.4 Å². The van der Waals surface area contributed by atoms with Gasteiger partial charge in [-0.3, -0.25) is 14.4 Å². The summed E-state index contributed by atoms with van der Waals surface area (Å²) in [6.07, 6.45) is 6.67. The van der Waals surface area contributed by atoms with Crippen molar-refractivity contribution in [1.82, 2.24) is 14.7 Å². The van der Waals surface area contributed by atoms with Crippen LogP contribution in [0.5, 0.6) is 0 Å². The Labute approximate surface area is 108 Å². The first-order valence-electron chi connectivity index (χ1n) is 6.59. The summed E-state index contributed by atoms with van der Waals surface area (Å²) in [6.45, 7) is 4.39. The average Bonchev–Trinajstić information content (AvgIpc) is 2.97. The molecule has 1 aliphatic rings. The highest BCUT2D eigenvalue weighted by Gasteiger charge is 2.27. The van der Waals surface area contributed by atoms with Crippen LogP contribution in [0.2, 0.25) is 0 Å². The quantitative estimate of drug-likeness (QED) is 0.744. The lowest BCUT2D eigenvalue weighted by atomic mass is 10.1. The van der Waals surface area contributed by atoms with E-state index in [1.54, 1.807) is 4.68 Å². The Morgan fingerprint density at radius 2 is 2.22 bits per heavy atom. The van der Waals surface area contributed by atoms with Gasteiger partial charge < -0.3 is 4.74 Å². The number of hydrogen-bond acceptors (Lipinski definition) is 4. The van der Waals surface area contributed by atoms with Crippen LogP contribution in [0.4, 0.5) is 0 Å². The normalized spacial score (nSPS) is 17.9. The highest BCUT2D eigenvalue weighted by Crippen LogP contribution is 2.28. The van der Waals surface area contributed by atoms with Crippen molar-refractivity contribution in [3.8, 4) is 0 Å². The lowest BCUT2D eigenvalue weighted by Crippen LogP contribution is -2.28. The molecule has 1 aromatic rings. The van der Waals surface area contributed by atoms with Crippen LogP contribution in [-0.2, 0) is 16.6 Å². The minimum Gasteiger partial charge on any atom is -0.466 e. The van der Waals surface area contributed by atoms with E-state index in [-0.39, 0.29) is 12.0 Å². The molecule has 1 fully saturated rings. The summed E-state index contributed by atoms with van der Waals surface area (Å²) in [7, 11) is 1.90. The Kier molecular flexibility index (Phi) is 4.36. The van der Waals surface area contributed by atoms with Gasteiger partial charge in [0.1, 0.15) is 0 Å². The van der Waals surface area contributed by atoms with Crippen LogP contribution < -0.4 is 0 Å². The highest BCUT2D eigenvalue weighted by atomic mass is 16.5. The maximum atomic E-state index is 11.7. The van der Waals surface area contributed by atoms with E-state index in [2.05, 4.69) is 10.00 Å². The van der Waals surface area contributed by atoms with Gasteiger partial charge in [-0.2, -0.15) is 5.10 Å². The fourth-order valence-corrected chi connectivity index (χ4v) is 2.50. The Morgan fingerprint density at radius 1 is 1.50 bits per heavy atom. The van der Waals surface area contributed by atoms with E-state index in [0.29, 0.717) is 13.0 Å². The van der Waals surface area contributed by atoms with Crippen molar-refractivity contribution in [3.63, 3.8) is 0 Å². The van der Waals surface area contributed by atoms with Crippen molar-refractivity contribution >= 4 is 5.97 Å². The second-order valence-corrected chi connectivity index (χ2v) is 4.72. The zero-order valence-corrected chi connectivity index (χ0v) is 11.1. The van der Waals surface area contributed by atoms with Gasteiger partial charge in [-0.1, -0.05) is 0 Å². The summed E-state index contributed by atoms with van der Waals surface area (Å²) in [4.78, 5) is 14.1. The summed E-state index contributed by atoms with van der Waals surface area (Å²) >= 11 is 0. The number of nitrogens with zero attached hydrogens (tertiary/aromatic N) is 3. The van der Waals surface area contributed by atoms with Gasteiger partial charge in [-0.05, 0) is 32.9 Å². The van der Waals surface area contributed by atoms with E-state index in [4.69, 9.17) is 4.74 Å². The van der Waals surface area contributed by atoms with Crippen molar-refractivity contribution in [1.29, 1.82) is 0 Å². The van der Waals surface area contributed by atoms with Crippen molar-refractivity contribution in [2.24, 2.45) is 7.05 Å². The average molecular weight is 251 g/mol. The number of aromatic nitrogens is 2. The van der Waals surface area contributed by atoms with Gasteiger partial charge in [0.05, 0.1) is 19.2 Å². The van der Waals surface area contributed by atoms with E-state index in [1.165, 1.54) is 12.8 Å². The molecule has 0 saturated carbocycles. The van der Waals surface area contributed by atoms with Gasteiger partial charge >= 0.3 is 5.97 Å². The summed E-state index contributed by atoms with van der Waals surface area (Å²) in [5, 5.41) is 4.20. The van der Waals surface area contributed by atoms with Gasteiger partial charge in [0.2, 0.25) is 0 Å². The molecule has 100 valence electrons. The lowest BCUT2D eigenvalue weighted by molar-refractivity contribution is -0.144. The van der Waals surface area contributed by atoms with E-state index in [0.717, 1.165) is 18.7 Å². The second-order valence-electron chi connectivity index (χ2n) is 4.72. The third-order valence-electron chi connectivity index (χ3n) is 3.36. The molecule has 0 N–H and O–H groups in total. The molecular weight excluding hydrogens is 230 g/mol. The van der Waals surface area contributed by atoms with Crippen molar-refractivity contribution < 1.29 is 9.53 Å². The monoisotopic (exact) mass is 251 g/mol. The molecule has 5 nitrogen and oxygen atoms in total. The molecule has 0 spiro atoms. The molecule has 1 aromatic heterocycles. The number of ether oxygens (including phenoxy) is 1. The van der Waals surface area contributed by atoms with E-state index >= 15 is 0 Å². The van der Waals surface area contributed by atoms with Crippen LogP contribution in [0, 0.1) is 0 Å². The minimum atomic E-state index is -0.127. The lowest BCUT2D eigenvalue weighted by Gasteiger charge is -2.25. The number of carbonyl (C=O) groups excluding carboxylic acids is 1. The number of hydrogen-bond donors (Lipinski definition) is 0. The highest BCUT2D eigenvalue weighted by molar-refractivity contribution is 5.70. The zero-order chi connectivity index (χ0) is 13.0. The number of aryl methyl sites for hydroxylation is 1. The summed E-state index contributed by atoms with van der Waals surface area (Å²) < 4.78 is 6.85. The second kappa shape index (κ2) is 6.00. The van der Waals surface area contributed by atoms with Crippen molar-refractivity contribution in [2.75, 3.05) is 19.7 Å². The number of esters is 1. The predicted octanol–water partition coefficient (Wildman–Crippen LogP) is 1.51. The fraction of sp³-hybridized carbons (Fsp3) is 0.692. The molecule has 1 atom stereocenters. The van der Waals surface area contributed by atoms with Gasteiger partial charge in [0.25, 0.3) is 0 Å². The number of likely N-dealkylation sites (tertiary alicyclic amines) is 1. The molecule has 0 aliphatic carbocycles. The van der Waals surface area contributed by atoms with Crippen LogP contribution in [0.3, 0.4) is 0 Å². The first-order chi connectivity index (χ1) is 8.70. The molecular formula is C13H21N3O2. The molecule has 2 rings (SSSR count). The molecule has 1 unspecified atom stereocenters. The smallest absolute Gasteiger partial charge is 0.307 e. The molecule has 18 heavy (non-hydrogen) atoms. The Morgan fingerprint density at radius 3 is 2.78 bits per heavy atom. The third-order valence-corrected chi connectivity index (χ3v) is 3.36. The molecule has 0 amide bonds. The fourth-order valence-electron chi connectivity index (χ4n) is 2.50. The molecule has 2 heterocycles. The van der Waals surface area contributed by atoms with Crippen molar-refractivity contribution in [3.05, 3.63) is 18.0 Å². The Bertz CT molecular complexity index is 397. The van der Waals surface area contributed by atoms with Crippen molar-refractivity contribution in [2.45, 2.75) is 32.2 Å². The largest absolute Gasteiger partial charge is 0.466 e. The van der Waals surface area contributed by atoms with Gasteiger partial charge in [0, 0.05) is 24.8 Å². The summed E-state index contributed by atoms with van der Waals surface area (Å²) in [6, 6.07) is 0.111. The van der Waals surface area contributed by atoms with E-state index < -0.39 is 0 Å². The van der Waals surface area contributed by atoms with E-state index in [9.17, 15) is 4.79 Å². The SMILES string of the molecule is CCOC(=O)CC(c1cnn(C)c1)N1CCCC1. The predicted molar refractivity (Wildman–Crippen MR) is 68.0 cm³/mol. The Hall–Kier alpha value is -1.36. The van der Waals surface area contributed by atoms with Crippen LogP contribution in [0.1, 0.15) is 37.8 Å². The van der Waals surface area contributed by atoms with Gasteiger partial charge in [-0.15, -0.1) is 0 Å². The molecule has 0 aromatic carbocycles. The summed E-state index contributed by atoms with van der Waals surface area (Å²) in [5.41, 5.74) is 1.10. The molecule has 1 aliphatic heterocycles. The topological polar surface area (TPSA) is 47.4 Å². The Balaban J connectivity index is 2.09. The van der Waals surface area contributed by atoms with Gasteiger partial charge in [-0.25, -0.2) is 0 Å². The number of carbonyl (C=O) groups is 1. The zero-order valence-electron chi connectivity index (χ0n) is 11.1. The van der Waals surface area contributed by atoms with Crippen LogP contribution in [0.15, 0.2) is 12.4 Å². The van der Waals surface area contributed by atoms with Gasteiger partial charge in [0.15, 0.2) is 0 Å². The minimum absolute atomic E-state index is 0.111. The first kappa shape index (κ1) is 13.1. The molecule has 0 radical (unpaired) electrons. The molecule has 1 saturated heterocycles. The number of rotatable bonds is 5. The maximum Gasteiger partial charge on any atom is 0.307 e. The standard InChI is InChI=1S/C13H21N3O2/c1-3-18-13(17)8-12(16-6-4-5-7-16)11-9-14-15(2)10-11/h9-10,12H,3-8H2,1-2H3. The first-order valence-corrected chi connectivity index (χ1v) is 6.59. The van der Waals surface area contributed by atoms with Crippen LogP contribution in [0.25, 0.3) is 0 Å². The van der Waals surface area contributed by atoms with Crippen LogP contribution in [-0.4, -0.2) is 40.3 Å². The molecule has 5 heteroatoms. The van der Waals surface area contributed by atoms with Crippen LogP contribution >= 0.6 is 0 Å².